The first-order valence-electron chi connectivity index (χ1n) is 7.66. The molecule has 122 valence electrons. The monoisotopic (exact) mass is 332 g/mol. The minimum Gasteiger partial charge on any atom is -0.341 e. The molecule has 2 aromatic heterocycles. The fourth-order valence-corrected chi connectivity index (χ4v) is 4.00. The van der Waals surface area contributed by atoms with Crippen LogP contribution in [0, 0.1) is 0 Å². The summed E-state index contributed by atoms with van der Waals surface area (Å²) in [4.78, 5) is 12.2. The summed E-state index contributed by atoms with van der Waals surface area (Å²) in [6.45, 7) is 5.72. The highest BCUT2D eigenvalue weighted by Crippen LogP contribution is 2.27. The number of rotatable bonds is 5. The maximum atomic E-state index is 12.2. The predicted molar refractivity (Wildman–Crippen MR) is 91.9 cm³/mol. The topological polar surface area (TPSA) is 87.7 Å². The number of nitrogens with zero attached hydrogens (tertiary/aromatic N) is 2. The Hall–Kier alpha value is -1.99. The molecule has 1 aromatic carbocycles. The van der Waals surface area contributed by atoms with E-state index in [1.165, 1.54) is 0 Å². The van der Waals surface area contributed by atoms with Crippen LogP contribution in [-0.4, -0.2) is 35.2 Å². The number of fused-ring (bicyclic) bond motifs is 3. The van der Waals surface area contributed by atoms with Crippen molar-refractivity contribution in [3.8, 4) is 0 Å². The van der Waals surface area contributed by atoms with Gasteiger partial charge in [0.2, 0.25) is 10.0 Å². The zero-order valence-corrected chi connectivity index (χ0v) is 14.2. The third-order valence-corrected chi connectivity index (χ3v) is 6.30. The van der Waals surface area contributed by atoms with Gasteiger partial charge in [0.05, 0.1) is 22.5 Å². The number of imidazole rings is 1. The normalized spacial score (nSPS) is 15.1. The van der Waals surface area contributed by atoms with E-state index in [4.69, 9.17) is 0 Å². The lowest BCUT2D eigenvalue weighted by Crippen LogP contribution is -2.35. The van der Waals surface area contributed by atoms with E-state index in [1.54, 1.807) is 20.0 Å². The molecule has 0 aliphatic rings. The highest BCUT2D eigenvalue weighted by atomic mass is 32.2. The molecule has 0 radical (unpaired) electrons. The number of benzene rings is 1. The minimum atomic E-state index is -3.36. The summed E-state index contributed by atoms with van der Waals surface area (Å²) in [6, 6.07) is 7.81. The molecule has 0 fully saturated rings. The van der Waals surface area contributed by atoms with E-state index >= 15 is 0 Å². The van der Waals surface area contributed by atoms with E-state index in [0.717, 1.165) is 21.9 Å². The second-order valence-electron chi connectivity index (χ2n) is 5.69. The summed E-state index contributed by atoms with van der Waals surface area (Å²) >= 11 is 0. The van der Waals surface area contributed by atoms with Crippen molar-refractivity contribution < 1.29 is 8.42 Å². The Morgan fingerprint density at radius 1 is 1.22 bits per heavy atom. The van der Waals surface area contributed by atoms with Crippen LogP contribution in [0.5, 0.6) is 0 Å². The van der Waals surface area contributed by atoms with Gasteiger partial charge in [-0.2, -0.15) is 0 Å². The largest absolute Gasteiger partial charge is 0.341 e. The van der Waals surface area contributed by atoms with Crippen LogP contribution in [0.25, 0.3) is 21.9 Å². The molecule has 0 bridgehead atoms. The predicted octanol–water partition coefficient (Wildman–Crippen LogP) is 2.54. The molecule has 3 aromatic rings. The van der Waals surface area contributed by atoms with Crippen LogP contribution in [0.15, 0.2) is 30.5 Å². The van der Waals surface area contributed by atoms with Gasteiger partial charge >= 0.3 is 0 Å². The van der Waals surface area contributed by atoms with Gasteiger partial charge in [0.15, 0.2) is 0 Å². The number of sulfonamides is 1. The SMILES string of the molecule is CCNS(=O)(=O)C(C)C(C)c1nc2cnc3ccccc3c2[nH]1. The summed E-state index contributed by atoms with van der Waals surface area (Å²) in [5.74, 6) is 0.400. The maximum absolute atomic E-state index is 12.2. The van der Waals surface area contributed by atoms with Crippen molar-refractivity contribution in [3.05, 3.63) is 36.3 Å². The van der Waals surface area contributed by atoms with Crippen LogP contribution in [0.3, 0.4) is 0 Å². The maximum Gasteiger partial charge on any atom is 0.214 e. The third kappa shape index (κ3) is 2.82. The Kier molecular flexibility index (Phi) is 4.08. The van der Waals surface area contributed by atoms with Crippen molar-refractivity contribution >= 4 is 32.0 Å². The molecule has 2 heterocycles. The Morgan fingerprint density at radius 2 is 1.96 bits per heavy atom. The summed E-state index contributed by atoms with van der Waals surface area (Å²) in [5.41, 5.74) is 2.53. The number of H-pyrrole nitrogens is 1. The number of aromatic amines is 1. The molecule has 6 nitrogen and oxygen atoms in total. The van der Waals surface area contributed by atoms with E-state index in [0.29, 0.717) is 12.4 Å². The van der Waals surface area contributed by atoms with Crippen LogP contribution in [0.1, 0.15) is 32.5 Å². The number of pyridine rings is 1. The third-order valence-electron chi connectivity index (χ3n) is 4.22. The molecule has 0 aliphatic carbocycles. The van der Waals surface area contributed by atoms with E-state index < -0.39 is 15.3 Å². The van der Waals surface area contributed by atoms with Gasteiger partial charge < -0.3 is 4.98 Å². The van der Waals surface area contributed by atoms with E-state index in [9.17, 15) is 8.42 Å². The Morgan fingerprint density at radius 3 is 2.70 bits per heavy atom. The van der Waals surface area contributed by atoms with Crippen molar-refractivity contribution in [2.45, 2.75) is 31.9 Å². The average molecular weight is 332 g/mol. The van der Waals surface area contributed by atoms with Crippen LogP contribution in [0.2, 0.25) is 0 Å². The second-order valence-corrected chi connectivity index (χ2v) is 7.82. The molecule has 0 saturated carbocycles. The quantitative estimate of drug-likeness (QED) is 0.751. The lowest BCUT2D eigenvalue weighted by molar-refractivity contribution is 0.552. The number of aromatic nitrogens is 3. The molecule has 0 amide bonds. The fourth-order valence-electron chi connectivity index (χ4n) is 2.67. The zero-order chi connectivity index (χ0) is 16.6. The number of hydrogen-bond donors (Lipinski definition) is 2. The van der Waals surface area contributed by atoms with Gasteiger partial charge in [-0.1, -0.05) is 32.0 Å². The van der Waals surface area contributed by atoms with Gasteiger partial charge in [-0.15, -0.1) is 0 Å². The summed E-state index contributed by atoms with van der Waals surface area (Å²) in [5, 5.41) is 0.403. The number of para-hydroxylation sites is 1. The zero-order valence-electron chi connectivity index (χ0n) is 13.4. The molecule has 7 heteroatoms. The van der Waals surface area contributed by atoms with Crippen molar-refractivity contribution in [3.63, 3.8) is 0 Å². The highest BCUT2D eigenvalue weighted by Gasteiger charge is 2.29. The summed E-state index contributed by atoms with van der Waals surface area (Å²) in [7, 11) is -3.36. The van der Waals surface area contributed by atoms with Gasteiger partial charge in [0.25, 0.3) is 0 Å². The molecular weight excluding hydrogens is 312 g/mol. The fraction of sp³-hybridized carbons (Fsp3) is 0.375. The van der Waals surface area contributed by atoms with Gasteiger partial charge in [0.1, 0.15) is 11.3 Å². The van der Waals surface area contributed by atoms with E-state index in [1.807, 2.05) is 31.2 Å². The van der Waals surface area contributed by atoms with Gasteiger partial charge in [-0.05, 0) is 13.0 Å². The average Bonchev–Trinajstić information content (AvgIpc) is 2.98. The van der Waals surface area contributed by atoms with Crippen molar-refractivity contribution in [1.82, 2.24) is 19.7 Å². The minimum absolute atomic E-state index is 0.259. The molecule has 0 saturated heterocycles. The molecule has 2 atom stereocenters. The first-order valence-corrected chi connectivity index (χ1v) is 9.20. The van der Waals surface area contributed by atoms with E-state index in [-0.39, 0.29) is 5.92 Å². The molecule has 0 spiro atoms. The molecule has 2 N–H and O–H groups in total. The van der Waals surface area contributed by atoms with Crippen LogP contribution < -0.4 is 4.72 Å². The molecule has 0 aliphatic heterocycles. The van der Waals surface area contributed by atoms with Gasteiger partial charge in [-0.3, -0.25) is 4.98 Å². The summed E-state index contributed by atoms with van der Waals surface area (Å²) < 4.78 is 27.0. The Balaban J connectivity index is 2.05. The lowest BCUT2D eigenvalue weighted by atomic mass is 10.1. The highest BCUT2D eigenvalue weighted by molar-refractivity contribution is 7.90. The van der Waals surface area contributed by atoms with Crippen LogP contribution in [0.4, 0.5) is 0 Å². The second kappa shape index (κ2) is 5.90. The molecule has 23 heavy (non-hydrogen) atoms. The Bertz CT molecular complexity index is 949. The first-order chi connectivity index (χ1) is 10.9. The molecular formula is C16H20N4O2S. The number of hydrogen-bond acceptors (Lipinski definition) is 4. The smallest absolute Gasteiger partial charge is 0.214 e. The summed E-state index contributed by atoms with van der Waals surface area (Å²) in [6.07, 6.45) is 1.72. The molecule has 2 unspecified atom stereocenters. The lowest BCUT2D eigenvalue weighted by Gasteiger charge is -2.18. The van der Waals surface area contributed by atoms with Crippen molar-refractivity contribution in [2.75, 3.05) is 6.54 Å². The molecule has 3 rings (SSSR count). The standard InChI is InChI=1S/C16H20N4O2S/c1-4-18-23(21,22)11(3)10(2)16-19-14-9-17-13-8-6-5-7-12(13)15(14)20-16/h5-11,18H,4H2,1-3H3,(H,19,20). The van der Waals surface area contributed by atoms with Gasteiger partial charge in [0, 0.05) is 17.8 Å². The van der Waals surface area contributed by atoms with E-state index in [2.05, 4.69) is 19.7 Å². The van der Waals surface area contributed by atoms with Crippen LogP contribution in [-0.2, 0) is 10.0 Å². The Labute approximate surface area is 135 Å². The first kappa shape index (κ1) is 15.9. The van der Waals surface area contributed by atoms with Crippen molar-refractivity contribution in [2.24, 2.45) is 0 Å². The van der Waals surface area contributed by atoms with Crippen LogP contribution >= 0.6 is 0 Å². The van der Waals surface area contributed by atoms with Gasteiger partial charge in [-0.25, -0.2) is 18.1 Å². The number of nitrogens with one attached hydrogen (secondary N) is 2. The van der Waals surface area contributed by atoms with Crippen molar-refractivity contribution in [1.29, 1.82) is 0 Å².